The van der Waals surface area contributed by atoms with Crippen molar-refractivity contribution in [1.29, 1.82) is 0 Å². The van der Waals surface area contributed by atoms with E-state index in [1.807, 2.05) is 0 Å². The van der Waals surface area contributed by atoms with E-state index < -0.39 is 0 Å². The lowest BCUT2D eigenvalue weighted by Crippen LogP contribution is -3.00. The van der Waals surface area contributed by atoms with Gasteiger partial charge in [0.15, 0.2) is 0 Å². The fraction of sp³-hybridized carbons (Fsp3) is 0.706. The van der Waals surface area contributed by atoms with Crippen molar-refractivity contribution in [2.45, 2.75) is 46.0 Å². The highest BCUT2D eigenvalue weighted by atomic mass is 127. The lowest BCUT2D eigenvalue weighted by atomic mass is 10.1. The molecule has 1 atom stereocenters. The van der Waals surface area contributed by atoms with E-state index in [1.54, 1.807) is 0 Å². The zero-order chi connectivity index (χ0) is 17.4. The van der Waals surface area contributed by atoms with Gasteiger partial charge < -0.3 is 33.5 Å². The minimum absolute atomic E-state index is 0. The second-order valence-corrected chi connectivity index (χ2v) is 7.14. The summed E-state index contributed by atoms with van der Waals surface area (Å²) in [4.78, 5) is 11.1. The molecular formula is C17H28IN3O3S. The maximum absolute atomic E-state index is 11.1. The molecule has 1 unspecified atom stereocenters. The van der Waals surface area contributed by atoms with Crippen LogP contribution in [0.15, 0.2) is 6.08 Å². The summed E-state index contributed by atoms with van der Waals surface area (Å²) in [7, 11) is 2.10. The van der Waals surface area contributed by atoms with Crippen molar-refractivity contribution in [1.82, 2.24) is 8.75 Å². The average Bonchev–Trinajstić information content (AvgIpc) is 3.01. The number of carbonyl (C=O) groups is 1. The second-order valence-electron chi connectivity index (χ2n) is 6.61. The lowest BCUT2D eigenvalue weighted by molar-refractivity contribution is -0.919. The van der Waals surface area contributed by atoms with Gasteiger partial charge in [-0.2, -0.15) is 4.37 Å². The molecule has 0 aliphatic carbocycles. The molecule has 2 heterocycles. The largest absolute Gasteiger partial charge is 1.00 e. The first kappa shape index (κ1) is 22.3. The Morgan fingerprint density at radius 2 is 2.12 bits per heavy atom. The van der Waals surface area contributed by atoms with Crippen molar-refractivity contribution in [3.05, 3.63) is 11.8 Å². The molecule has 1 aromatic rings. The molecule has 0 amide bonds. The third-order valence-corrected chi connectivity index (χ3v) is 4.70. The highest BCUT2D eigenvalue weighted by Gasteiger charge is 2.30. The number of esters is 1. The minimum Gasteiger partial charge on any atom is -1.00 e. The highest BCUT2D eigenvalue weighted by molar-refractivity contribution is 6.99. The van der Waals surface area contributed by atoms with Gasteiger partial charge in [0, 0.05) is 18.9 Å². The smallest absolute Gasteiger partial charge is 0.306 e. The molecule has 0 saturated carbocycles. The Kier molecular flexibility index (Phi) is 9.88. The Hall–Kier alpha value is -0.740. The highest BCUT2D eigenvalue weighted by Crippen LogP contribution is 2.29. The molecule has 0 aromatic carbocycles. The van der Waals surface area contributed by atoms with Crippen LogP contribution in [0.1, 0.15) is 51.6 Å². The third kappa shape index (κ3) is 7.18. The number of ether oxygens (including phenoxy) is 2. The average molecular weight is 481 g/mol. The molecule has 1 aliphatic rings. The maximum atomic E-state index is 11.1. The summed E-state index contributed by atoms with van der Waals surface area (Å²) in [5, 5.41) is 0. The molecule has 6 nitrogen and oxygen atoms in total. The summed E-state index contributed by atoms with van der Waals surface area (Å²) < 4.78 is 20.5. The van der Waals surface area contributed by atoms with E-state index >= 15 is 0 Å². The van der Waals surface area contributed by atoms with Crippen LogP contribution in [0.5, 0.6) is 5.88 Å². The first-order valence-electron chi connectivity index (χ1n) is 8.66. The van der Waals surface area contributed by atoms with Crippen molar-refractivity contribution in [3.8, 4) is 5.88 Å². The third-order valence-electron chi connectivity index (χ3n) is 4.19. The number of aromatic nitrogens is 2. The SMILES string of the molecule is CCCCCCOc1nsnc1C1=CCC[N+](C)(COC(C)=O)C1.[I-]. The van der Waals surface area contributed by atoms with Gasteiger partial charge in [0.2, 0.25) is 6.73 Å². The van der Waals surface area contributed by atoms with Crippen LogP contribution in [0.3, 0.4) is 0 Å². The van der Waals surface area contributed by atoms with Gasteiger partial charge in [0.05, 0.1) is 31.9 Å². The Morgan fingerprint density at radius 3 is 2.84 bits per heavy atom. The van der Waals surface area contributed by atoms with E-state index in [-0.39, 0.29) is 29.9 Å². The van der Waals surface area contributed by atoms with Gasteiger partial charge in [0.1, 0.15) is 12.2 Å². The van der Waals surface area contributed by atoms with Crippen molar-refractivity contribution >= 4 is 23.3 Å². The van der Waals surface area contributed by atoms with Crippen LogP contribution in [-0.4, -0.2) is 52.7 Å². The normalized spacial score (nSPS) is 19.7. The number of carbonyl (C=O) groups excluding carboxylic acids is 1. The van der Waals surface area contributed by atoms with E-state index in [0.717, 1.165) is 37.2 Å². The van der Waals surface area contributed by atoms with Gasteiger partial charge in [0.25, 0.3) is 5.88 Å². The van der Waals surface area contributed by atoms with Gasteiger partial charge in [-0.25, -0.2) is 0 Å². The number of quaternary nitrogens is 1. The Bertz CT molecular complexity index is 579. The number of nitrogens with zero attached hydrogens (tertiary/aromatic N) is 3. The fourth-order valence-corrected chi connectivity index (χ4v) is 3.33. The molecule has 0 N–H and O–H groups in total. The molecule has 25 heavy (non-hydrogen) atoms. The number of rotatable bonds is 9. The van der Waals surface area contributed by atoms with Crippen LogP contribution >= 0.6 is 11.7 Å². The van der Waals surface area contributed by atoms with Crippen LogP contribution in [-0.2, 0) is 9.53 Å². The number of unbranched alkanes of at least 4 members (excludes halogenated alkanes) is 3. The van der Waals surface area contributed by atoms with Gasteiger partial charge >= 0.3 is 5.97 Å². The van der Waals surface area contributed by atoms with Gasteiger partial charge in [-0.3, -0.25) is 9.28 Å². The first-order chi connectivity index (χ1) is 11.5. The van der Waals surface area contributed by atoms with Crippen molar-refractivity contribution < 1.29 is 42.7 Å². The first-order valence-corrected chi connectivity index (χ1v) is 9.39. The number of hydrogen-bond acceptors (Lipinski definition) is 6. The van der Waals surface area contributed by atoms with Crippen molar-refractivity contribution in [2.75, 3.05) is 33.5 Å². The van der Waals surface area contributed by atoms with Crippen LogP contribution in [0, 0.1) is 0 Å². The van der Waals surface area contributed by atoms with Crippen molar-refractivity contribution in [3.63, 3.8) is 0 Å². The fourth-order valence-electron chi connectivity index (χ4n) is 2.80. The summed E-state index contributed by atoms with van der Waals surface area (Å²) in [5.41, 5.74) is 1.98. The Balaban J connectivity index is 0.00000312. The van der Waals surface area contributed by atoms with Crippen LogP contribution in [0.4, 0.5) is 0 Å². The van der Waals surface area contributed by atoms with Crippen molar-refractivity contribution in [2.24, 2.45) is 0 Å². The molecule has 0 fully saturated rings. The molecule has 1 aromatic heterocycles. The number of likely N-dealkylation sites (N-methyl/N-ethyl adjacent to an activating group) is 1. The van der Waals surface area contributed by atoms with E-state index in [2.05, 4.69) is 28.8 Å². The zero-order valence-electron chi connectivity index (χ0n) is 15.3. The Labute approximate surface area is 171 Å². The predicted octanol–water partition coefficient (Wildman–Crippen LogP) is 0.256. The van der Waals surface area contributed by atoms with E-state index in [0.29, 0.717) is 23.7 Å². The summed E-state index contributed by atoms with van der Waals surface area (Å²) in [6.45, 7) is 6.43. The molecule has 142 valence electrons. The maximum Gasteiger partial charge on any atom is 0.306 e. The topological polar surface area (TPSA) is 61.3 Å². The molecule has 0 radical (unpaired) electrons. The zero-order valence-corrected chi connectivity index (χ0v) is 18.3. The summed E-state index contributed by atoms with van der Waals surface area (Å²) in [6, 6.07) is 0. The van der Waals surface area contributed by atoms with Gasteiger partial charge in [-0.05, 0) is 6.42 Å². The summed E-state index contributed by atoms with van der Waals surface area (Å²) in [5.74, 6) is 0.403. The Morgan fingerprint density at radius 1 is 1.32 bits per heavy atom. The lowest BCUT2D eigenvalue weighted by Gasteiger charge is -2.36. The minimum atomic E-state index is -0.239. The molecule has 0 saturated heterocycles. The van der Waals surface area contributed by atoms with Crippen LogP contribution < -0.4 is 28.7 Å². The summed E-state index contributed by atoms with van der Waals surface area (Å²) >= 11 is 1.19. The molecular weight excluding hydrogens is 453 g/mol. The predicted molar refractivity (Wildman–Crippen MR) is 94.7 cm³/mol. The molecule has 1 aliphatic heterocycles. The number of hydrogen-bond donors (Lipinski definition) is 0. The molecule has 8 heteroatoms. The summed E-state index contributed by atoms with van der Waals surface area (Å²) in [6.07, 6.45) is 7.82. The van der Waals surface area contributed by atoms with Gasteiger partial charge in [-0.15, -0.1) is 4.37 Å². The second kappa shape index (κ2) is 11.1. The quantitative estimate of drug-likeness (QED) is 0.219. The monoisotopic (exact) mass is 481 g/mol. The van der Waals surface area contributed by atoms with Crippen LogP contribution in [0.2, 0.25) is 0 Å². The molecule has 0 bridgehead atoms. The van der Waals surface area contributed by atoms with E-state index in [9.17, 15) is 4.79 Å². The van der Waals surface area contributed by atoms with Crippen LogP contribution in [0.25, 0.3) is 5.57 Å². The van der Waals surface area contributed by atoms with E-state index in [1.165, 1.54) is 37.9 Å². The number of halogens is 1. The molecule has 0 spiro atoms. The molecule has 2 rings (SSSR count). The standard InChI is InChI=1S/C17H28N3O3S.HI/c1-4-5-6-7-11-22-17-16(18-24-19-17)15-9-8-10-20(3,12-15)13-23-14(2)21;/h9H,4-8,10-13H2,1-3H3;1H/q+1;/p-1. The van der Waals surface area contributed by atoms with E-state index in [4.69, 9.17) is 9.47 Å². The van der Waals surface area contributed by atoms with Gasteiger partial charge in [-0.1, -0.05) is 32.3 Å².